The third-order valence-electron chi connectivity index (χ3n) is 2.06. The molecule has 0 amide bonds. The fourth-order valence-corrected chi connectivity index (χ4v) is 1.92. The van der Waals surface area contributed by atoms with Gasteiger partial charge in [-0.2, -0.15) is 0 Å². The molecule has 2 aromatic heterocycles. The van der Waals surface area contributed by atoms with Gasteiger partial charge in [0.15, 0.2) is 16.8 Å². The van der Waals surface area contributed by atoms with E-state index in [0.29, 0.717) is 22.0 Å². The van der Waals surface area contributed by atoms with Crippen LogP contribution in [0.4, 0.5) is 0 Å². The molecule has 0 fully saturated rings. The van der Waals surface area contributed by atoms with Gasteiger partial charge in [-0.15, -0.1) is 0 Å². The van der Waals surface area contributed by atoms with Gasteiger partial charge in [-0.1, -0.05) is 11.6 Å². The highest BCUT2D eigenvalue weighted by Crippen LogP contribution is 2.28. The van der Waals surface area contributed by atoms with Crippen molar-refractivity contribution in [2.45, 2.75) is 19.9 Å². The standard InChI is InChI=1S/C10H10Cl2N2O/c1-6(2)14-8(11)5-13-10(14)7-3-4-9(12)15-7/h3-6H,1-2H3. The van der Waals surface area contributed by atoms with Crippen LogP contribution in [0.15, 0.2) is 22.7 Å². The second kappa shape index (κ2) is 3.91. The summed E-state index contributed by atoms with van der Waals surface area (Å²) in [6.45, 7) is 4.06. The fourth-order valence-electron chi connectivity index (χ4n) is 1.45. The molecule has 0 unspecified atom stereocenters. The van der Waals surface area contributed by atoms with Crippen molar-refractivity contribution in [3.8, 4) is 11.6 Å². The summed E-state index contributed by atoms with van der Waals surface area (Å²) in [6, 6.07) is 3.68. The SMILES string of the molecule is CC(C)n1c(Cl)cnc1-c1ccc(Cl)o1. The lowest BCUT2D eigenvalue weighted by molar-refractivity contribution is 0.553. The molecule has 15 heavy (non-hydrogen) atoms. The lowest BCUT2D eigenvalue weighted by atomic mass is 10.3. The normalized spacial score (nSPS) is 11.3. The molecular weight excluding hydrogens is 235 g/mol. The molecule has 0 saturated heterocycles. The van der Waals surface area contributed by atoms with Crippen LogP contribution >= 0.6 is 23.2 Å². The largest absolute Gasteiger partial charge is 0.441 e. The zero-order chi connectivity index (χ0) is 11.0. The second-order valence-corrected chi connectivity index (χ2v) is 4.23. The maximum atomic E-state index is 6.02. The Balaban J connectivity index is 2.53. The highest BCUT2D eigenvalue weighted by molar-refractivity contribution is 6.30. The number of furan rings is 1. The van der Waals surface area contributed by atoms with Crippen LogP contribution in [0.5, 0.6) is 0 Å². The van der Waals surface area contributed by atoms with Gasteiger partial charge in [0, 0.05) is 6.04 Å². The van der Waals surface area contributed by atoms with E-state index in [-0.39, 0.29) is 6.04 Å². The van der Waals surface area contributed by atoms with Crippen LogP contribution in [0.2, 0.25) is 10.4 Å². The topological polar surface area (TPSA) is 31.0 Å². The number of imidazole rings is 1. The van der Waals surface area contributed by atoms with E-state index in [2.05, 4.69) is 4.98 Å². The average Bonchev–Trinajstić information content (AvgIpc) is 2.71. The van der Waals surface area contributed by atoms with Gasteiger partial charge in [-0.05, 0) is 37.6 Å². The number of aromatic nitrogens is 2. The molecule has 0 spiro atoms. The van der Waals surface area contributed by atoms with Crippen molar-refractivity contribution in [1.82, 2.24) is 9.55 Å². The van der Waals surface area contributed by atoms with E-state index in [1.807, 2.05) is 18.4 Å². The first-order valence-corrected chi connectivity index (χ1v) is 5.33. The van der Waals surface area contributed by atoms with Gasteiger partial charge in [-0.3, -0.25) is 0 Å². The Morgan fingerprint density at radius 3 is 2.60 bits per heavy atom. The molecule has 0 aliphatic rings. The van der Waals surface area contributed by atoms with E-state index in [1.54, 1.807) is 18.3 Å². The first-order chi connectivity index (χ1) is 7.09. The number of nitrogens with zero attached hydrogens (tertiary/aromatic N) is 2. The quantitative estimate of drug-likeness (QED) is 0.799. The van der Waals surface area contributed by atoms with Crippen molar-refractivity contribution in [1.29, 1.82) is 0 Å². The van der Waals surface area contributed by atoms with Gasteiger partial charge < -0.3 is 8.98 Å². The maximum Gasteiger partial charge on any atom is 0.194 e. The Kier molecular flexibility index (Phi) is 2.76. The average molecular weight is 245 g/mol. The minimum Gasteiger partial charge on any atom is -0.441 e. The molecule has 2 rings (SSSR count). The molecule has 0 radical (unpaired) electrons. The highest BCUT2D eigenvalue weighted by Gasteiger charge is 2.15. The third-order valence-corrected chi connectivity index (χ3v) is 2.54. The predicted octanol–water partition coefficient (Wildman–Crippen LogP) is 4.03. The van der Waals surface area contributed by atoms with Gasteiger partial charge in [0.1, 0.15) is 5.15 Å². The fraction of sp³-hybridized carbons (Fsp3) is 0.300. The van der Waals surface area contributed by atoms with Crippen LogP contribution in [0.3, 0.4) is 0 Å². The summed E-state index contributed by atoms with van der Waals surface area (Å²) in [7, 11) is 0. The maximum absolute atomic E-state index is 6.02. The Morgan fingerprint density at radius 2 is 2.07 bits per heavy atom. The van der Waals surface area contributed by atoms with E-state index in [4.69, 9.17) is 27.6 Å². The van der Waals surface area contributed by atoms with Crippen molar-refractivity contribution in [2.24, 2.45) is 0 Å². The molecule has 2 heterocycles. The summed E-state index contributed by atoms with van der Waals surface area (Å²) < 4.78 is 7.18. The number of halogens is 2. The molecule has 0 bridgehead atoms. The minimum absolute atomic E-state index is 0.221. The van der Waals surface area contributed by atoms with Crippen LogP contribution in [0.1, 0.15) is 19.9 Å². The Labute approximate surface area is 97.6 Å². The summed E-state index contributed by atoms with van der Waals surface area (Å²) in [5, 5.41) is 0.937. The van der Waals surface area contributed by atoms with Gasteiger partial charge in [0.25, 0.3) is 0 Å². The van der Waals surface area contributed by atoms with E-state index < -0.39 is 0 Å². The molecule has 2 aromatic rings. The molecule has 3 nitrogen and oxygen atoms in total. The predicted molar refractivity (Wildman–Crippen MR) is 60.3 cm³/mol. The van der Waals surface area contributed by atoms with Gasteiger partial charge >= 0.3 is 0 Å². The van der Waals surface area contributed by atoms with E-state index in [9.17, 15) is 0 Å². The van der Waals surface area contributed by atoms with Crippen LogP contribution in [-0.4, -0.2) is 9.55 Å². The van der Waals surface area contributed by atoms with Crippen LogP contribution in [-0.2, 0) is 0 Å². The van der Waals surface area contributed by atoms with Gasteiger partial charge in [0.05, 0.1) is 6.20 Å². The second-order valence-electron chi connectivity index (χ2n) is 3.47. The van der Waals surface area contributed by atoms with Crippen molar-refractivity contribution in [2.75, 3.05) is 0 Å². The van der Waals surface area contributed by atoms with Crippen molar-refractivity contribution in [3.63, 3.8) is 0 Å². The van der Waals surface area contributed by atoms with Crippen molar-refractivity contribution in [3.05, 3.63) is 28.7 Å². The minimum atomic E-state index is 0.221. The summed E-state index contributed by atoms with van der Waals surface area (Å²) in [5.74, 6) is 1.32. The zero-order valence-electron chi connectivity index (χ0n) is 8.37. The first-order valence-electron chi connectivity index (χ1n) is 4.58. The van der Waals surface area contributed by atoms with E-state index >= 15 is 0 Å². The monoisotopic (exact) mass is 244 g/mol. The lowest BCUT2D eigenvalue weighted by Crippen LogP contribution is -2.02. The van der Waals surface area contributed by atoms with Crippen LogP contribution in [0, 0.1) is 0 Å². The number of hydrogen-bond donors (Lipinski definition) is 0. The molecule has 5 heteroatoms. The number of rotatable bonds is 2. The van der Waals surface area contributed by atoms with Crippen molar-refractivity contribution >= 4 is 23.2 Å². The molecule has 80 valence electrons. The molecule has 0 saturated carbocycles. The molecule has 0 aliphatic heterocycles. The van der Waals surface area contributed by atoms with Crippen LogP contribution in [0.25, 0.3) is 11.6 Å². The Bertz CT molecular complexity index is 473. The van der Waals surface area contributed by atoms with Gasteiger partial charge in [-0.25, -0.2) is 4.98 Å². The van der Waals surface area contributed by atoms with E-state index in [1.165, 1.54) is 0 Å². The lowest BCUT2D eigenvalue weighted by Gasteiger charge is -2.10. The summed E-state index contributed by atoms with van der Waals surface area (Å²) in [4.78, 5) is 4.20. The van der Waals surface area contributed by atoms with Gasteiger partial charge in [0.2, 0.25) is 0 Å². The third kappa shape index (κ3) is 1.90. The van der Waals surface area contributed by atoms with Crippen LogP contribution < -0.4 is 0 Å². The Morgan fingerprint density at radius 1 is 1.33 bits per heavy atom. The number of hydrogen-bond acceptors (Lipinski definition) is 2. The van der Waals surface area contributed by atoms with Crippen molar-refractivity contribution < 1.29 is 4.42 Å². The molecule has 0 aromatic carbocycles. The summed E-state index contributed by atoms with van der Waals surface area (Å²) in [6.07, 6.45) is 1.60. The Hall–Kier alpha value is -0.930. The molecule has 0 atom stereocenters. The molecule has 0 N–H and O–H groups in total. The molecular formula is C10H10Cl2N2O. The molecule has 0 aliphatic carbocycles. The highest BCUT2D eigenvalue weighted by atomic mass is 35.5. The van der Waals surface area contributed by atoms with E-state index in [0.717, 1.165) is 0 Å². The smallest absolute Gasteiger partial charge is 0.194 e. The summed E-state index contributed by atoms with van der Waals surface area (Å²) in [5.41, 5.74) is 0. The summed E-state index contributed by atoms with van der Waals surface area (Å²) >= 11 is 11.7. The first kappa shape index (κ1) is 10.6. The zero-order valence-corrected chi connectivity index (χ0v) is 9.88.